The molecule has 0 radical (unpaired) electrons. The van der Waals surface area contributed by atoms with E-state index in [0.717, 1.165) is 55.9 Å². The van der Waals surface area contributed by atoms with Crippen LogP contribution in [0.3, 0.4) is 0 Å². The van der Waals surface area contributed by atoms with E-state index in [4.69, 9.17) is 0 Å². The fourth-order valence-corrected chi connectivity index (χ4v) is 4.18. The average molecular weight is 431 g/mol. The minimum absolute atomic E-state index is 0.0110. The Morgan fingerprint density at radius 2 is 1.84 bits per heavy atom. The number of hydrogen-bond acceptors (Lipinski definition) is 4. The lowest BCUT2D eigenvalue weighted by Crippen LogP contribution is -2.13. The van der Waals surface area contributed by atoms with Crippen LogP contribution < -0.4 is 5.32 Å². The summed E-state index contributed by atoms with van der Waals surface area (Å²) in [4.78, 5) is 24.9. The largest absolute Gasteiger partial charge is 0.326 e. The van der Waals surface area contributed by atoms with Gasteiger partial charge >= 0.3 is 0 Å². The Balaban J connectivity index is 1.36. The van der Waals surface area contributed by atoms with Gasteiger partial charge in [-0.3, -0.25) is 9.59 Å². The van der Waals surface area contributed by atoms with Gasteiger partial charge in [0.2, 0.25) is 5.91 Å². The summed E-state index contributed by atoms with van der Waals surface area (Å²) < 4.78 is 2.19. The van der Waals surface area contributed by atoms with Crippen molar-refractivity contribution in [3.05, 3.63) is 65.5 Å². The number of ketones is 1. The summed E-state index contributed by atoms with van der Waals surface area (Å²) >= 11 is 0. The Kier molecular flexibility index (Phi) is 7.10. The molecule has 6 nitrogen and oxygen atoms in total. The SMILES string of the molecule is CCCc1ccc(C(=O)CCC(=O)Nc2cccc(-c3nnc4n3CCCCC4)c2)cc1. The number of aromatic nitrogens is 3. The van der Waals surface area contributed by atoms with Gasteiger partial charge < -0.3 is 9.88 Å². The highest BCUT2D eigenvalue weighted by Gasteiger charge is 2.16. The van der Waals surface area contributed by atoms with Crippen LogP contribution in [-0.4, -0.2) is 26.5 Å². The number of amides is 1. The van der Waals surface area contributed by atoms with Crippen molar-refractivity contribution < 1.29 is 9.59 Å². The molecular weight excluding hydrogens is 400 g/mol. The van der Waals surface area contributed by atoms with Crippen LogP contribution in [-0.2, 0) is 24.2 Å². The fourth-order valence-electron chi connectivity index (χ4n) is 4.18. The van der Waals surface area contributed by atoms with Crippen LogP contribution in [0.4, 0.5) is 5.69 Å². The molecule has 4 rings (SSSR count). The summed E-state index contributed by atoms with van der Waals surface area (Å²) in [7, 11) is 0. The molecule has 1 N–H and O–H groups in total. The monoisotopic (exact) mass is 430 g/mol. The Morgan fingerprint density at radius 1 is 1.00 bits per heavy atom. The van der Waals surface area contributed by atoms with Crippen molar-refractivity contribution in [1.82, 2.24) is 14.8 Å². The van der Waals surface area contributed by atoms with E-state index in [9.17, 15) is 9.59 Å². The standard InChI is InChI=1S/C26H30N4O2/c1-2-7-19-11-13-20(14-12-19)23(31)15-16-25(32)27-22-9-6-8-21(18-22)26-29-28-24-10-4-3-5-17-30(24)26/h6,8-9,11-14,18H,2-5,7,10,15-17H2,1H3,(H,27,32). The van der Waals surface area contributed by atoms with E-state index in [1.54, 1.807) is 0 Å². The van der Waals surface area contributed by atoms with Crippen molar-refractivity contribution in [3.63, 3.8) is 0 Å². The number of benzene rings is 2. The molecule has 0 saturated carbocycles. The average Bonchev–Trinajstić information content (AvgIpc) is 3.06. The molecular formula is C26H30N4O2. The molecule has 6 heteroatoms. The van der Waals surface area contributed by atoms with Gasteiger partial charge in [-0.2, -0.15) is 0 Å². The van der Waals surface area contributed by atoms with Crippen LogP contribution in [0.25, 0.3) is 11.4 Å². The normalized spacial score (nSPS) is 13.3. The van der Waals surface area contributed by atoms with E-state index in [-0.39, 0.29) is 24.5 Å². The summed E-state index contributed by atoms with van der Waals surface area (Å²) in [6, 6.07) is 15.4. The topological polar surface area (TPSA) is 76.9 Å². The maximum Gasteiger partial charge on any atom is 0.224 e. The number of carbonyl (C=O) groups excluding carboxylic acids is 2. The molecule has 3 aromatic rings. The smallest absolute Gasteiger partial charge is 0.224 e. The van der Waals surface area contributed by atoms with Gasteiger partial charge in [0.15, 0.2) is 11.6 Å². The number of rotatable bonds is 8. The molecule has 2 aromatic carbocycles. The number of anilines is 1. The molecule has 1 aliphatic heterocycles. The van der Waals surface area contributed by atoms with Gasteiger partial charge in [-0.1, -0.05) is 56.2 Å². The first kappa shape index (κ1) is 21.9. The molecule has 1 aromatic heterocycles. The minimum Gasteiger partial charge on any atom is -0.326 e. The lowest BCUT2D eigenvalue weighted by Gasteiger charge is -2.09. The van der Waals surface area contributed by atoms with Gasteiger partial charge in [-0.25, -0.2) is 0 Å². The van der Waals surface area contributed by atoms with Gasteiger partial charge in [0, 0.05) is 42.6 Å². The van der Waals surface area contributed by atoms with Crippen LogP contribution in [0.1, 0.15) is 67.2 Å². The molecule has 166 valence electrons. The Hall–Kier alpha value is -3.28. The van der Waals surface area contributed by atoms with Crippen molar-refractivity contribution in [3.8, 4) is 11.4 Å². The van der Waals surface area contributed by atoms with E-state index in [1.807, 2.05) is 48.5 Å². The minimum atomic E-state index is -0.168. The Bertz CT molecular complexity index is 1090. The zero-order valence-electron chi connectivity index (χ0n) is 18.6. The first-order valence-corrected chi connectivity index (χ1v) is 11.6. The van der Waals surface area contributed by atoms with Gasteiger partial charge in [0.05, 0.1) is 0 Å². The lowest BCUT2D eigenvalue weighted by molar-refractivity contribution is -0.116. The summed E-state index contributed by atoms with van der Waals surface area (Å²) in [5.74, 6) is 1.70. The number of nitrogens with one attached hydrogen (secondary N) is 1. The van der Waals surface area contributed by atoms with Crippen LogP contribution in [0.5, 0.6) is 0 Å². The van der Waals surface area contributed by atoms with Crippen LogP contribution >= 0.6 is 0 Å². The third-order valence-corrected chi connectivity index (χ3v) is 5.91. The van der Waals surface area contributed by atoms with Crippen molar-refractivity contribution in [2.45, 2.75) is 64.8 Å². The number of hydrogen-bond donors (Lipinski definition) is 1. The van der Waals surface area contributed by atoms with E-state index in [0.29, 0.717) is 11.3 Å². The summed E-state index contributed by atoms with van der Waals surface area (Å²) in [5, 5.41) is 11.7. The highest BCUT2D eigenvalue weighted by Crippen LogP contribution is 2.25. The van der Waals surface area contributed by atoms with E-state index >= 15 is 0 Å². The molecule has 0 fully saturated rings. The third kappa shape index (κ3) is 5.31. The molecule has 0 atom stereocenters. The second-order valence-electron chi connectivity index (χ2n) is 8.40. The Labute approximate surface area is 189 Å². The van der Waals surface area contributed by atoms with Crippen molar-refractivity contribution >= 4 is 17.4 Å². The van der Waals surface area contributed by atoms with E-state index in [1.165, 1.54) is 12.0 Å². The third-order valence-electron chi connectivity index (χ3n) is 5.91. The highest BCUT2D eigenvalue weighted by atomic mass is 16.2. The van der Waals surface area contributed by atoms with Gasteiger partial charge in [0.25, 0.3) is 0 Å². The maximum atomic E-state index is 12.5. The lowest BCUT2D eigenvalue weighted by atomic mass is 10.0. The number of aryl methyl sites for hydroxylation is 2. The van der Waals surface area contributed by atoms with E-state index in [2.05, 4.69) is 27.0 Å². The highest BCUT2D eigenvalue weighted by molar-refractivity contribution is 6.00. The molecule has 0 aliphatic carbocycles. The van der Waals surface area contributed by atoms with Gasteiger partial charge in [0.1, 0.15) is 5.82 Å². The molecule has 2 heterocycles. The molecule has 1 aliphatic rings. The summed E-state index contributed by atoms with van der Waals surface area (Å²) in [6.07, 6.45) is 6.87. The predicted octanol–water partition coefficient (Wildman–Crippen LogP) is 5.23. The number of Topliss-reactive ketones (excluding diaryl/α,β-unsaturated/α-hetero) is 1. The van der Waals surface area contributed by atoms with Gasteiger partial charge in [-0.05, 0) is 37.0 Å². The zero-order chi connectivity index (χ0) is 22.3. The van der Waals surface area contributed by atoms with Crippen LogP contribution in [0, 0.1) is 0 Å². The first-order chi connectivity index (χ1) is 15.6. The molecule has 0 spiro atoms. The predicted molar refractivity (Wildman–Crippen MR) is 126 cm³/mol. The molecule has 0 bridgehead atoms. The Morgan fingerprint density at radius 3 is 2.66 bits per heavy atom. The summed E-state index contributed by atoms with van der Waals surface area (Å²) in [6.45, 7) is 3.06. The van der Waals surface area contributed by atoms with Crippen molar-refractivity contribution in [2.24, 2.45) is 0 Å². The number of nitrogens with zero attached hydrogens (tertiary/aromatic N) is 3. The van der Waals surface area contributed by atoms with Gasteiger partial charge in [-0.15, -0.1) is 10.2 Å². The van der Waals surface area contributed by atoms with Crippen LogP contribution in [0.2, 0.25) is 0 Å². The van der Waals surface area contributed by atoms with Crippen LogP contribution in [0.15, 0.2) is 48.5 Å². The summed E-state index contributed by atoms with van der Waals surface area (Å²) in [5.41, 5.74) is 3.53. The van der Waals surface area contributed by atoms with Crippen molar-refractivity contribution in [2.75, 3.05) is 5.32 Å². The number of fused-ring (bicyclic) bond motifs is 1. The second-order valence-corrected chi connectivity index (χ2v) is 8.40. The number of carbonyl (C=O) groups is 2. The maximum absolute atomic E-state index is 12.5. The zero-order valence-corrected chi connectivity index (χ0v) is 18.6. The van der Waals surface area contributed by atoms with Crippen molar-refractivity contribution in [1.29, 1.82) is 0 Å². The first-order valence-electron chi connectivity index (χ1n) is 11.6. The van der Waals surface area contributed by atoms with E-state index < -0.39 is 0 Å². The molecule has 1 amide bonds. The quantitative estimate of drug-likeness (QED) is 0.497. The molecule has 0 unspecified atom stereocenters. The fraction of sp³-hybridized carbons (Fsp3) is 0.385. The molecule has 32 heavy (non-hydrogen) atoms. The molecule has 0 saturated heterocycles. The second kappa shape index (κ2) is 10.4.